The lowest BCUT2D eigenvalue weighted by Crippen LogP contribution is -2.20. The van der Waals surface area contributed by atoms with Crippen molar-refractivity contribution in [1.29, 1.82) is 0 Å². The summed E-state index contributed by atoms with van der Waals surface area (Å²) >= 11 is 5.87. The number of halogens is 4. The Kier molecular flexibility index (Phi) is 5.74. The summed E-state index contributed by atoms with van der Waals surface area (Å²) in [6.45, 7) is -1.51. The number of carbonyl (C=O) groups excluding carboxylic acids is 1. The van der Waals surface area contributed by atoms with Gasteiger partial charge in [-0.2, -0.15) is 13.2 Å². The minimum absolute atomic E-state index is 0.0514. The van der Waals surface area contributed by atoms with Crippen LogP contribution in [0.25, 0.3) is 11.3 Å². The van der Waals surface area contributed by atoms with Crippen LogP contribution in [0.15, 0.2) is 55.0 Å². The van der Waals surface area contributed by atoms with E-state index >= 15 is 0 Å². The van der Waals surface area contributed by atoms with Crippen molar-refractivity contribution < 1.29 is 22.7 Å². The molecule has 2 aromatic heterocycles. The van der Waals surface area contributed by atoms with Crippen LogP contribution >= 0.6 is 11.6 Å². The summed E-state index contributed by atoms with van der Waals surface area (Å²) in [5.74, 6) is -0.779. The van der Waals surface area contributed by atoms with Gasteiger partial charge in [-0.15, -0.1) is 0 Å². The summed E-state index contributed by atoms with van der Waals surface area (Å²) in [5.41, 5.74) is 0.896. The Morgan fingerprint density at radius 3 is 2.54 bits per heavy atom. The third-order valence-electron chi connectivity index (χ3n) is 3.41. The number of carbonyl (C=O) groups is 1. The summed E-state index contributed by atoms with van der Waals surface area (Å²) < 4.78 is 41.8. The number of pyridine rings is 1. The maximum absolute atomic E-state index is 12.4. The molecule has 0 spiro atoms. The van der Waals surface area contributed by atoms with Crippen LogP contribution in [-0.4, -0.2) is 33.6 Å². The van der Waals surface area contributed by atoms with E-state index in [4.69, 9.17) is 11.6 Å². The second-order valence-electron chi connectivity index (χ2n) is 5.51. The Morgan fingerprint density at radius 2 is 1.89 bits per heavy atom. The van der Waals surface area contributed by atoms with Gasteiger partial charge >= 0.3 is 6.18 Å². The van der Waals surface area contributed by atoms with E-state index < -0.39 is 18.7 Å². The molecular weight excluding hydrogens is 397 g/mol. The molecule has 0 unspecified atom stereocenters. The highest BCUT2D eigenvalue weighted by Gasteiger charge is 2.29. The van der Waals surface area contributed by atoms with Gasteiger partial charge in [-0.25, -0.2) is 9.97 Å². The third-order valence-corrected chi connectivity index (χ3v) is 3.66. The van der Waals surface area contributed by atoms with E-state index in [-0.39, 0.29) is 23.0 Å². The number of amides is 1. The minimum Gasteiger partial charge on any atom is -0.467 e. The molecule has 0 aliphatic rings. The molecular formula is C18H12ClF3N4O2. The Bertz CT molecular complexity index is 967. The Balaban J connectivity index is 1.93. The summed E-state index contributed by atoms with van der Waals surface area (Å²) in [4.78, 5) is 24.3. The van der Waals surface area contributed by atoms with Crippen LogP contribution in [0, 0.1) is 0 Å². The molecule has 0 aliphatic carbocycles. The number of hydrogen-bond acceptors (Lipinski definition) is 5. The highest BCUT2D eigenvalue weighted by molar-refractivity contribution is 6.30. The number of alkyl halides is 3. The van der Waals surface area contributed by atoms with E-state index in [1.54, 1.807) is 36.4 Å². The smallest absolute Gasteiger partial charge is 0.422 e. The first-order valence-electron chi connectivity index (χ1n) is 7.86. The third kappa shape index (κ3) is 5.17. The Hall–Kier alpha value is -3.20. The van der Waals surface area contributed by atoms with E-state index in [1.165, 1.54) is 12.4 Å². The maximum atomic E-state index is 12.4. The standard InChI is InChI=1S/C18H12ClF3N4O2/c19-13-5-3-11(4-6-13)15-16(26-17(27)12-2-1-7-23-8-12)24-9-14(25-15)28-10-18(20,21)22/h1-9H,10H2,(H,24,26,27). The zero-order chi connectivity index (χ0) is 20.1. The van der Waals surface area contributed by atoms with Crippen molar-refractivity contribution >= 4 is 23.3 Å². The van der Waals surface area contributed by atoms with E-state index in [0.29, 0.717) is 10.6 Å². The molecule has 1 aromatic carbocycles. The number of ether oxygens (including phenoxy) is 1. The van der Waals surface area contributed by atoms with Crippen molar-refractivity contribution in [3.63, 3.8) is 0 Å². The molecule has 0 saturated carbocycles. The molecule has 0 bridgehead atoms. The van der Waals surface area contributed by atoms with Gasteiger partial charge in [0, 0.05) is 23.0 Å². The lowest BCUT2D eigenvalue weighted by molar-refractivity contribution is -0.154. The van der Waals surface area contributed by atoms with Gasteiger partial charge in [-0.05, 0) is 24.3 Å². The van der Waals surface area contributed by atoms with Crippen molar-refractivity contribution in [2.75, 3.05) is 11.9 Å². The number of benzene rings is 1. The topological polar surface area (TPSA) is 77.0 Å². The van der Waals surface area contributed by atoms with Crippen LogP contribution in [0.4, 0.5) is 19.0 Å². The van der Waals surface area contributed by atoms with E-state index in [9.17, 15) is 18.0 Å². The quantitative estimate of drug-likeness (QED) is 0.677. The van der Waals surface area contributed by atoms with Crippen molar-refractivity contribution in [1.82, 2.24) is 15.0 Å². The second-order valence-corrected chi connectivity index (χ2v) is 5.95. The highest BCUT2D eigenvalue weighted by atomic mass is 35.5. The normalized spacial score (nSPS) is 11.1. The molecule has 0 saturated heterocycles. The van der Waals surface area contributed by atoms with Crippen molar-refractivity contribution in [2.45, 2.75) is 6.18 Å². The fraction of sp³-hybridized carbons (Fsp3) is 0.111. The highest BCUT2D eigenvalue weighted by Crippen LogP contribution is 2.28. The molecule has 0 aliphatic heterocycles. The summed E-state index contributed by atoms with van der Waals surface area (Å²) in [6, 6.07) is 9.50. The van der Waals surface area contributed by atoms with Gasteiger partial charge in [0.05, 0.1) is 11.8 Å². The molecule has 10 heteroatoms. The van der Waals surface area contributed by atoms with Gasteiger partial charge in [0.25, 0.3) is 5.91 Å². The number of hydrogen-bond donors (Lipinski definition) is 1. The average Bonchev–Trinajstić information content (AvgIpc) is 2.68. The minimum atomic E-state index is -4.52. The summed E-state index contributed by atoms with van der Waals surface area (Å²) in [6.07, 6.45) is -0.632. The molecule has 1 amide bonds. The maximum Gasteiger partial charge on any atom is 0.422 e. The molecule has 2 heterocycles. The average molecular weight is 409 g/mol. The van der Waals surface area contributed by atoms with Crippen LogP contribution in [0.1, 0.15) is 10.4 Å². The molecule has 3 rings (SSSR count). The molecule has 0 radical (unpaired) electrons. The monoisotopic (exact) mass is 408 g/mol. The van der Waals surface area contributed by atoms with E-state index in [1.807, 2.05) is 0 Å². The lowest BCUT2D eigenvalue weighted by atomic mass is 10.1. The van der Waals surface area contributed by atoms with Crippen molar-refractivity contribution in [3.05, 3.63) is 65.6 Å². The fourth-order valence-corrected chi connectivity index (χ4v) is 2.30. The fourth-order valence-electron chi connectivity index (χ4n) is 2.18. The number of nitrogens with zero attached hydrogens (tertiary/aromatic N) is 3. The molecule has 1 N–H and O–H groups in total. The van der Waals surface area contributed by atoms with Gasteiger partial charge in [-0.3, -0.25) is 9.78 Å². The van der Waals surface area contributed by atoms with Crippen LogP contribution in [0.3, 0.4) is 0 Å². The Morgan fingerprint density at radius 1 is 1.14 bits per heavy atom. The molecule has 3 aromatic rings. The zero-order valence-electron chi connectivity index (χ0n) is 14.1. The molecule has 0 atom stereocenters. The predicted octanol–water partition coefficient (Wildman–Crippen LogP) is 4.39. The van der Waals surface area contributed by atoms with Crippen LogP contribution < -0.4 is 10.1 Å². The second kappa shape index (κ2) is 8.22. The van der Waals surface area contributed by atoms with Crippen LogP contribution in [0.2, 0.25) is 5.02 Å². The van der Waals surface area contributed by atoms with Gasteiger partial charge in [0.1, 0.15) is 5.69 Å². The van der Waals surface area contributed by atoms with Crippen molar-refractivity contribution in [2.24, 2.45) is 0 Å². The number of anilines is 1. The van der Waals surface area contributed by atoms with E-state index in [0.717, 1.165) is 6.20 Å². The summed E-state index contributed by atoms with van der Waals surface area (Å²) in [7, 11) is 0. The number of aromatic nitrogens is 3. The van der Waals surface area contributed by atoms with Gasteiger partial charge < -0.3 is 10.1 Å². The molecule has 144 valence electrons. The van der Waals surface area contributed by atoms with E-state index in [2.05, 4.69) is 25.0 Å². The van der Waals surface area contributed by atoms with Gasteiger partial charge in [0.15, 0.2) is 12.4 Å². The molecule has 6 nitrogen and oxygen atoms in total. The Labute approximate surface area is 162 Å². The van der Waals surface area contributed by atoms with Gasteiger partial charge in [-0.1, -0.05) is 23.7 Å². The first kappa shape index (κ1) is 19.6. The largest absolute Gasteiger partial charge is 0.467 e. The lowest BCUT2D eigenvalue weighted by Gasteiger charge is -2.13. The number of nitrogens with one attached hydrogen (secondary N) is 1. The zero-order valence-corrected chi connectivity index (χ0v) is 14.8. The first-order valence-corrected chi connectivity index (χ1v) is 8.23. The molecule has 0 fully saturated rings. The van der Waals surface area contributed by atoms with Crippen molar-refractivity contribution in [3.8, 4) is 17.1 Å². The van der Waals surface area contributed by atoms with Crippen LogP contribution in [0.5, 0.6) is 5.88 Å². The first-order chi connectivity index (χ1) is 13.3. The molecule has 28 heavy (non-hydrogen) atoms. The van der Waals surface area contributed by atoms with Crippen LogP contribution in [-0.2, 0) is 0 Å². The number of rotatable bonds is 5. The SMILES string of the molecule is O=C(Nc1ncc(OCC(F)(F)F)nc1-c1ccc(Cl)cc1)c1cccnc1. The predicted molar refractivity (Wildman–Crippen MR) is 96.2 cm³/mol. The van der Waals surface area contributed by atoms with Gasteiger partial charge in [0.2, 0.25) is 5.88 Å². The summed E-state index contributed by atoms with van der Waals surface area (Å²) in [5, 5.41) is 3.04.